The lowest BCUT2D eigenvalue weighted by molar-refractivity contribution is -0.137. The number of benzene rings is 2. The Morgan fingerprint density at radius 2 is 2.06 bits per heavy atom. The standard InChI is InChI=1S/C27H25FN4O2S/c1-13(16-3-4-21-23(5-16)35-12-30-21)32(27-8-15(9-27)10-27)26(33)18-6-17-19-11-34-14(2)24(19)25(29)31-22(17)7-20(18)28/h3-7,12-15H,8-11H2,1-2H3,(H2,29,31)/t13?,14-,15?,27?/m1/s1. The minimum absolute atomic E-state index is 0.0845. The lowest BCUT2D eigenvalue weighted by atomic mass is 9.48. The number of aromatic nitrogens is 2. The molecule has 4 aliphatic rings. The lowest BCUT2D eigenvalue weighted by Gasteiger charge is -2.67. The Balaban J connectivity index is 1.34. The van der Waals surface area contributed by atoms with E-state index in [9.17, 15) is 4.79 Å². The van der Waals surface area contributed by atoms with Gasteiger partial charge in [0.25, 0.3) is 5.91 Å². The third kappa shape index (κ3) is 2.93. The number of carbonyl (C=O) groups excluding carboxylic acids is 1. The second kappa shape index (κ2) is 7.21. The van der Waals surface area contributed by atoms with Crippen molar-refractivity contribution in [2.45, 2.75) is 57.4 Å². The van der Waals surface area contributed by atoms with Gasteiger partial charge >= 0.3 is 0 Å². The molecule has 35 heavy (non-hydrogen) atoms. The number of thiazole rings is 1. The van der Waals surface area contributed by atoms with Gasteiger partial charge in [-0.15, -0.1) is 11.3 Å². The van der Waals surface area contributed by atoms with Gasteiger partial charge in [0.15, 0.2) is 0 Å². The smallest absolute Gasteiger partial charge is 0.257 e. The van der Waals surface area contributed by atoms with Crippen LogP contribution in [0, 0.1) is 11.7 Å². The number of anilines is 1. The van der Waals surface area contributed by atoms with Crippen LogP contribution in [0.1, 0.15) is 72.3 Å². The molecule has 3 fully saturated rings. The van der Waals surface area contributed by atoms with Gasteiger partial charge in [0.1, 0.15) is 11.6 Å². The normalized spacial score (nSPS) is 25.2. The molecule has 0 radical (unpaired) electrons. The van der Waals surface area contributed by atoms with Gasteiger partial charge in [-0.2, -0.15) is 0 Å². The highest BCUT2D eigenvalue weighted by atomic mass is 32.1. The van der Waals surface area contributed by atoms with Crippen LogP contribution in [0.25, 0.3) is 21.1 Å². The van der Waals surface area contributed by atoms with Gasteiger partial charge in [-0.25, -0.2) is 14.4 Å². The van der Waals surface area contributed by atoms with Crippen molar-refractivity contribution in [3.63, 3.8) is 0 Å². The first kappa shape index (κ1) is 21.2. The number of hydrogen-bond donors (Lipinski definition) is 1. The van der Waals surface area contributed by atoms with E-state index in [1.165, 1.54) is 6.07 Å². The highest BCUT2D eigenvalue weighted by Gasteiger charge is 2.62. The zero-order valence-electron chi connectivity index (χ0n) is 19.5. The van der Waals surface area contributed by atoms with Gasteiger partial charge in [-0.3, -0.25) is 4.79 Å². The quantitative estimate of drug-likeness (QED) is 0.386. The van der Waals surface area contributed by atoms with Crippen LogP contribution < -0.4 is 5.73 Å². The van der Waals surface area contributed by atoms with Gasteiger partial charge in [0.05, 0.1) is 45.6 Å². The van der Waals surface area contributed by atoms with E-state index in [4.69, 9.17) is 10.5 Å². The van der Waals surface area contributed by atoms with E-state index in [0.717, 1.165) is 51.6 Å². The first-order chi connectivity index (χ1) is 16.8. The SMILES string of the molecule is CC(c1ccc2ncsc2c1)N(C(=O)c1cc2c3c(c(N)nc2cc1F)[C@@H](C)OC3)C12CC(C1)C2. The minimum atomic E-state index is -0.567. The first-order valence-corrected chi connectivity index (χ1v) is 12.9. The number of nitrogens with two attached hydrogens (primary N) is 1. The molecule has 8 heteroatoms. The van der Waals surface area contributed by atoms with Crippen LogP contribution in [0.5, 0.6) is 0 Å². The summed E-state index contributed by atoms with van der Waals surface area (Å²) in [6, 6.07) is 8.96. The fourth-order valence-electron chi connectivity index (χ4n) is 6.39. The Bertz CT molecular complexity index is 1530. The Morgan fingerprint density at radius 3 is 2.80 bits per heavy atom. The van der Waals surface area contributed by atoms with Gasteiger partial charge < -0.3 is 15.4 Å². The predicted octanol–water partition coefficient (Wildman–Crippen LogP) is 5.91. The Hall–Kier alpha value is -3.10. The summed E-state index contributed by atoms with van der Waals surface area (Å²) in [5, 5.41) is 0.736. The molecule has 4 aromatic rings. The second-order valence-corrected chi connectivity index (χ2v) is 11.2. The van der Waals surface area contributed by atoms with Gasteiger partial charge in [-0.05, 0) is 68.4 Å². The predicted molar refractivity (Wildman–Crippen MR) is 134 cm³/mol. The molecule has 2 aromatic heterocycles. The summed E-state index contributed by atoms with van der Waals surface area (Å²) in [5.74, 6) is 0.204. The topological polar surface area (TPSA) is 81.3 Å². The maximum absolute atomic E-state index is 15.5. The fourth-order valence-corrected chi connectivity index (χ4v) is 7.12. The fraction of sp³-hybridized carbons (Fsp3) is 0.370. The molecule has 0 spiro atoms. The molecule has 2 atom stereocenters. The van der Waals surface area contributed by atoms with Crippen LogP contribution >= 0.6 is 11.3 Å². The Labute approximate surface area is 205 Å². The molecule has 6 nitrogen and oxygen atoms in total. The molecular weight excluding hydrogens is 463 g/mol. The molecule has 3 saturated carbocycles. The van der Waals surface area contributed by atoms with Crippen LogP contribution in [-0.2, 0) is 11.3 Å². The van der Waals surface area contributed by atoms with E-state index >= 15 is 4.39 Å². The van der Waals surface area contributed by atoms with E-state index in [1.807, 2.05) is 29.5 Å². The third-order valence-corrected chi connectivity index (χ3v) is 9.12. The van der Waals surface area contributed by atoms with Crippen molar-refractivity contribution in [3.05, 3.63) is 63.9 Å². The summed E-state index contributed by atoms with van der Waals surface area (Å²) in [7, 11) is 0. The molecule has 0 saturated heterocycles. The summed E-state index contributed by atoms with van der Waals surface area (Å²) in [6.45, 7) is 4.35. The zero-order valence-corrected chi connectivity index (χ0v) is 20.4. The molecule has 2 bridgehead atoms. The number of hydrogen-bond acceptors (Lipinski definition) is 6. The maximum Gasteiger partial charge on any atom is 0.257 e. The Kier molecular flexibility index (Phi) is 4.37. The number of rotatable bonds is 4. The van der Waals surface area contributed by atoms with E-state index in [-0.39, 0.29) is 29.2 Å². The highest BCUT2D eigenvalue weighted by molar-refractivity contribution is 7.16. The van der Waals surface area contributed by atoms with E-state index < -0.39 is 5.82 Å². The van der Waals surface area contributed by atoms with Crippen LogP contribution in [0.4, 0.5) is 10.2 Å². The molecule has 8 rings (SSSR count). The van der Waals surface area contributed by atoms with Gasteiger partial charge in [0, 0.05) is 22.6 Å². The average Bonchev–Trinajstić information content (AvgIpc) is 3.40. The molecule has 3 aliphatic carbocycles. The lowest BCUT2D eigenvalue weighted by Crippen LogP contribution is -2.69. The van der Waals surface area contributed by atoms with Crippen LogP contribution in [0.15, 0.2) is 35.8 Å². The van der Waals surface area contributed by atoms with Crippen molar-refractivity contribution in [2.75, 3.05) is 5.73 Å². The summed E-state index contributed by atoms with van der Waals surface area (Å²) in [6.07, 6.45) is 2.78. The summed E-state index contributed by atoms with van der Waals surface area (Å²) in [4.78, 5) is 24.9. The monoisotopic (exact) mass is 488 g/mol. The molecule has 2 aromatic carbocycles. The number of nitrogen functional groups attached to an aromatic ring is 1. The number of carbonyl (C=O) groups is 1. The van der Waals surface area contributed by atoms with Crippen LogP contribution in [0.3, 0.4) is 0 Å². The summed E-state index contributed by atoms with van der Waals surface area (Å²) < 4.78 is 22.4. The maximum atomic E-state index is 15.5. The van der Waals surface area contributed by atoms with Crippen molar-refractivity contribution in [2.24, 2.45) is 5.92 Å². The highest BCUT2D eigenvalue weighted by Crippen LogP contribution is 2.62. The Morgan fingerprint density at radius 1 is 1.26 bits per heavy atom. The van der Waals surface area contributed by atoms with E-state index in [1.54, 1.807) is 17.4 Å². The minimum Gasteiger partial charge on any atom is -0.383 e. The van der Waals surface area contributed by atoms with Gasteiger partial charge in [0.2, 0.25) is 0 Å². The number of fused-ring (bicyclic) bond motifs is 4. The second-order valence-electron chi connectivity index (χ2n) is 10.3. The summed E-state index contributed by atoms with van der Waals surface area (Å²) in [5.41, 5.74) is 12.1. The number of amides is 1. The number of halogens is 1. The molecule has 178 valence electrons. The van der Waals surface area contributed by atoms with Crippen molar-refractivity contribution in [3.8, 4) is 0 Å². The van der Waals surface area contributed by atoms with E-state index in [2.05, 4.69) is 23.0 Å². The number of pyridine rings is 1. The van der Waals surface area contributed by atoms with Crippen LogP contribution in [0.2, 0.25) is 0 Å². The first-order valence-electron chi connectivity index (χ1n) is 12.0. The molecule has 2 N–H and O–H groups in total. The molecule has 3 heterocycles. The van der Waals surface area contributed by atoms with Crippen molar-refractivity contribution in [1.82, 2.24) is 14.9 Å². The van der Waals surface area contributed by atoms with Crippen LogP contribution in [-0.4, -0.2) is 26.3 Å². The molecule has 1 aliphatic heterocycles. The number of nitrogens with zero attached hydrogens (tertiary/aromatic N) is 3. The molecular formula is C27H25FN4O2S. The summed E-state index contributed by atoms with van der Waals surface area (Å²) >= 11 is 1.59. The number of ether oxygens (including phenoxy) is 1. The van der Waals surface area contributed by atoms with E-state index in [0.29, 0.717) is 23.9 Å². The molecule has 1 amide bonds. The van der Waals surface area contributed by atoms with Gasteiger partial charge in [-0.1, -0.05) is 6.07 Å². The molecule has 1 unspecified atom stereocenters. The third-order valence-electron chi connectivity index (χ3n) is 8.33. The zero-order chi connectivity index (χ0) is 24.1. The van der Waals surface area contributed by atoms with Crippen molar-refractivity contribution >= 4 is 44.2 Å². The van der Waals surface area contributed by atoms with Crippen molar-refractivity contribution in [1.29, 1.82) is 0 Å². The average molecular weight is 489 g/mol. The largest absolute Gasteiger partial charge is 0.383 e. The van der Waals surface area contributed by atoms with Crippen molar-refractivity contribution < 1.29 is 13.9 Å².